The zero-order chi connectivity index (χ0) is 19.9. The maximum Gasteiger partial charge on any atom is 0.252 e. The van der Waals surface area contributed by atoms with E-state index in [1.807, 2.05) is 60.7 Å². The predicted molar refractivity (Wildman–Crippen MR) is 116 cm³/mol. The summed E-state index contributed by atoms with van der Waals surface area (Å²) in [5.74, 6) is -0.123. The molecule has 1 amide bonds. The van der Waals surface area contributed by atoms with E-state index in [0.717, 1.165) is 34.5 Å². The van der Waals surface area contributed by atoms with E-state index in [0.29, 0.717) is 17.7 Å². The summed E-state index contributed by atoms with van der Waals surface area (Å²) in [5.41, 5.74) is 10.4. The lowest BCUT2D eigenvalue weighted by Crippen LogP contribution is -2.23. The van der Waals surface area contributed by atoms with Gasteiger partial charge < -0.3 is 15.8 Å². The van der Waals surface area contributed by atoms with Crippen molar-refractivity contribution in [1.29, 1.82) is 5.41 Å². The predicted octanol–water partition coefficient (Wildman–Crippen LogP) is 3.50. The molecular formula is C21H21N5OS. The molecule has 3 aromatic rings. The number of nitrogen functional groups attached to an aromatic ring is 1. The number of carbonyl (C=O) groups is 1. The second-order valence-corrected chi connectivity index (χ2v) is 6.58. The van der Waals surface area contributed by atoms with Crippen LogP contribution < -0.4 is 20.9 Å². The molecule has 0 saturated heterocycles. The highest BCUT2D eigenvalue weighted by Crippen LogP contribution is 2.25. The average Bonchev–Trinajstić information content (AvgIpc) is 2.73. The van der Waals surface area contributed by atoms with Gasteiger partial charge in [0.05, 0.1) is 0 Å². The molecule has 0 aliphatic rings. The van der Waals surface area contributed by atoms with Crippen LogP contribution in [0.1, 0.15) is 21.5 Å². The van der Waals surface area contributed by atoms with Crippen molar-refractivity contribution in [2.45, 2.75) is 6.54 Å². The Morgan fingerprint density at radius 1 is 0.964 bits per heavy atom. The Morgan fingerprint density at radius 2 is 1.64 bits per heavy atom. The lowest BCUT2D eigenvalue weighted by molar-refractivity contribution is 0.0951. The van der Waals surface area contributed by atoms with Crippen molar-refractivity contribution in [2.24, 2.45) is 10.9 Å². The number of rotatable bonds is 7. The molecule has 0 heterocycles. The van der Waals surface area contributed by atoms with Gasteiger partial charge in [0.1, 0.15) is 5.84 Å². The van der Waals surface area contributed by atoms with Crippen LogP contribution >= 0.6 is 12.1 Å². The Bertz CT molecular complexity index is 971. The standard InChI is InChI=1S/C21H21N5OS/c22-20(23)16-7-5-14(6-8-16)13-25-21(27)19-4-2-1-3-18(19)15-9-11-17(12-10-15)26-28-24/h1-12,26H,13,24H2,(H3,22,23)(H,25,27). The normalized spacial score (nSPS) is 10.3. The van der Waals surface area contributed by atoms with Crippen LogP contribution in [0.15, 0.2) is 72.8 Å². The molecule has 0 aromatic heterocycles. The van der Waals surface area contributed by atoms with Crippen molar-refractivity contribution in [2.75, 3.05) is 4.72 Å². The van der Waals surface area contributed by atoms with Gasteiger partial charge in [0.2, 0.25) is 0 Å². The third kappa shape index (κ3) is 4.70. The van der Waals surface area contributed by atoms with Crippen LogP contribution in [0.2, 0.25) is 0 Å². The molecule has 3 rings (SSSR count). The van der Waals surface area contributed by atoms with Crippen LogP contribution in [-0.2, 0) is 6.54 Å². The summed E-state index contributed by atoms with van der Waals surface area (Å²) >= 11 is 1.04. The Labute approximate surface area is 168 Å². The first-order valence-electron chi connectivity index (χ1n) is 8.61. The van der Waals surface area contributed by atoms with E-state index in [9.17, 15) is 4.79 Å². The number of amidine groups is 1. The molecule has 0 unspecified atom stereocenters. The fourth-order valence-corrected chi connectivity index (χ4v) is 3.07. The van der Waals surface area contributed by atoms with Crippen LogP contribution in [0.25, 0.3) is 11.1 Å². The van der Waals surface area contributed by atoms with E-state index in [1.54, 1.807) is 12.1 Å². The van der Waals surface area contributed by atoms with Gasteiger partial charge in [0.15, 0.2) is 0 Å². The summed E-state index contributed by atoms with van der Waals surface area (Å²) in [6.07, 6.45) is 0. The third-order valence-corrected chi connectivity index (χ3v) is 4.62. The van der Waals surface area contributed by atoms with Gasteiger partial charge in [0.25, 0.3) is 5.91 Å². The molecule has 0 bridgehead atoms. The quantitative estimate of drug-likeness (QED) is 0.240. The summed E-state index contributed by atoms with van der Waals surface area (Å²) in [6, 6.07) is 22.5. The number of hydrogen-bond acceptors (Lipinski definition) is 5. The summed E-state index contributed by atoms with van der Waals surface area (Å²) in [7, 11) is 0. The number of nitrogens with two attached hydrogens (primary N) is 2. The van der Waals surface area contributed by atoms with Gasteiger partial charge in [-0.25, -0.2) is 0 Å². The van der Waals surface area contributed by atoms with Crippen LogP contribution in [0, 0.1) is 5.41 Å². The number of anilines is 1. The molecular weight excluding hydrogens is 370 g/mol. The van der Waals surface area contributed by atoms with Crippen molar-refractivity contribution in [3.63, 3.8) is 0 Å². The summed E-state index contributed by atoms with van der Waals surface area (Å²) < 4.78 is 2.97. The van der Waals surface area contributed by atoms with Crippen LogP contribution in [0.3, 0.4) is 0 Å². The summed E-state index contributed by atoms with van der Waals surface area (Å²) in [5, 5.41) is 15.8. The molecule has 0 spiro atoms. The molecule has 6 nitrogen and oxygen atoms in total. The van der Waals surface area contributed by atoms with Crippen molar-refractivity contribution < 1.29 is 4.79 Å². The third-order valence-electron chi connectivity index (χ3n) is 4.26. The molecule has 0 atom stereocenters. The molecule has 0 radical (unpaired) electrons. The highest BCUT2D eigenvalue weighted by Gasteiger charge is 2.12. The van der Waals surface area contributed by atoms with Gasteiger partial charge in [0, 0.05) is 35.5 Å². The molecule has 0 aliphatic carbocycles. The van der Waals surface area contributed by atoms with E-state index in [2.05, 4.69) is 10.0 Å². The first kappa shape index (κ1) is 19.5. The van der Waals surface area contributed by atoms with Gasteiger partial charge >= 0.3 is 0 Å². The monoisotopic (exact) mass is 391 g/mol. The van der Waals surface area contributed by atoms with Crippen LogP contribution in [0.5, 0.6) is 0 Å². The molecule has 7 heteroatoms. The number of carbonyl (C=O) groups excluding carboxylic acids is 1. The Morgan fingerprint density at radius 3 is 2.29 bits per heavy atom. The SMILES string of the molecule is N=C(N)c1ccc(CNC(=O)c2ccccc2-c2ccc(NSN)cc2)cc1. The largest absolute Gasteiger partial charge is 0.384 e. The zero-order valence-electron chi connectivity index (χ0n) is 15.1. The highest BCUT2D eigenvalue weighted by molar-refractivity contribution is 7.98. The van der Waals surface area contributed by atoms with Gasteiger partial charge in [-0.05, 0) is 34.9 Å². The minimum atomic E-state index is -0.147. The number of hydrogen-bond donors (Lipinski definition) is 5. The van der Waals surface area contributed by atoms with Crippen molar-refractivity contribution >= 4 is 29.6 Å². The van der Waals surface area contributed by atoms with Gasteiger partial charge in [-0.1, -0.05) is 54.6 Å². The van der Waals surface area contributed by atoms with Gasteiger partial charge in [-0.2, -0.15) is 0 Å². The summed E-state index contributed by atoms with van der Waals surface area (Å²) in [6.45, 7) is 0.391. The topological polar surface area (TPSA) is 117 Å². The second-order valence-electron chi connectivity index (χ2n) is 6.14. The number of nitrogens with one attached hydrogen (secondary N) is 3. The molecule has 7 N–H and O–H groups in total. The van der Waals surface area contributed by atoms with Crippen molar-refractivity contribution in [1.82, 2.24) is 5.32 Å². The summed E-state index contributed by atoms with van der Waals surface area (Å²) in [4.78, 5) is 12.8. The van der Waals surface area contributed by atoms with E-state index in [4.69, 9.17) is 16.3 Å². The zero-order valence-corrected chi connectivity index (χ0v) is 15.9. The van der Waals surface area contributed by atoms with Gasteiger partial charge in [-0.15, -0.1) is 0 Å². The van der Waals surface area contributed by atoms with Crippen molar-refractivity contribution in [3.8, 4) is 11.1 Å². The van der Waals surface area contributed by atoms with E-state index in [1.165, 1.54) is 0 Å². The minimum absolute atomic E-state index is 0.0239. The Kier molecular flexibility index (Phi) is 6.31. The van der Waals surface area contributed by atoms with Crippen LogP contribution in [-0.4, -0.2) is 11.7 Å². The molecule has 3 aromatic carbocycles. The molecule has 0 aliphatic heterocycles. The fraction of sp³-hybridized carbons (Fsp3) is 0.0476. The number of amides is 1. The van der Waals surface area contributed by atoms with E-state index < -0.39 is 0 Å². The van der Waals surface area contributed by atoms with Crippen LogP contribution in [0.4, 0.5) is 5.69 Å². The first-order valence-corrected chi connectivity index (χ1v) is 9.49. The lowest BCUT2D eigenvalue weighted by atomic mass is 9.99. The molecule has 0 saturated carbocycles. The average molecular weight is 392 g/mol. The maximum absolute atomic E-state index is 12.8. The molecule has 28 heavy (non-hydrogen) atoms. The van der Waals surface area contributed by atoms with Gasteiger partial charge in [-0.3, -0.25) is 15.3 Å². The lowest BCUT2D eigenvalue weighted by Gasteiger charge is -2.11. The highest BCUT2D eigenvalue weighted by atomic mass is 32.2. The van der Waals surface area contributed by atoms with E-state index >= 15 is 0 Å². The molecule has 0 fully saturated rings. The van der Waals surface area contributed by atoms with E-state index in [-0.39, 0.29) is 11.7 Å². The number of benzene rings is 3. The fourth-order valence-electron chi connectivity index (χ4n) is 2.80. The smallest absolute Gasteiger partial charge is 0.252 e. The Balaban J connectivity index is 1.74. The maximum atomic E-state index is 12.8. The minimum Gasteiger partial charge on any atom is -0.384 e. The first-order chi connectivity index (χ1) is 13.6. The molecule has 142 valence electrons. The Hall–Kier alpha value is -3.29. The van der Waals surface area contributed by atoms with Crippen molar-refractivity contribution in [3.05, 3.63) is 89.5 Å². The second kappa shape index (κ2) is 9.07.